The van der Waals surface area contributed by atoms with Crippen molar-refractivity contribution in [2.45, 2.75) is 19.5 Å². The molecule has 4 nitrogen and oxygen atoms in total. The summed E-state index contributed by atoms with van der Waals surface area (Å²) in [5.74, 6) is -0.143. The highest BCUT2D eigenvalue weighted by Gasteiger charge is 2.11. The van der Waals surface area contributed by atoms with Crippen molar-refractivity contribution >= 4 is 33.4 Å². The third-order valence-corrected chi connectivity index (χ3v) is 3.22. The quantitative estimate of drug-likeness (QED) is 0.928. The van der Waals surface area contributed by atoms with Crippen LogP contribution in [-0.2, 0) is 6.54 Å². The molecule has 1 atom stereocenters. The van der Waals surface area contributed by atoms with E-state index in [0.29, 0.717) is 17.1 Å². The lowest BCUT2D eigenvalue weighted by Gasteiger charge is -2.14. The molecule has 100 valence electrons. The van der Waals surface area contributed by atoms with Crippen molar-refractivity contribution in [2.24, 2.45) is 0 Å². The molecular weight excluding hydrogens is 330 g/mol. The van der Waals surface area contributed by atoms with Crippen molar-refractivity contribution < 1.29 is 4.79 Å². The van der Waals surface area contributed by atoms with E-state index in [0.717, 1.165) is 4.47 Å². The fourth-order valence-electron chi connectivity index (χ4n) is 1.75. The Balaban J connectivity index is 2.00. The number of nitrogens with zero attached hydrogens (tertiary/aromatic N) is 2. The SMILES string of the molecule is CC(Cn1ccnc1)NC(=O)c1cc(Cl)cc(Br)c1. The Bertz CT molecular complexity index is 551. The molecule has 1 aromatic heterocycles. The predicted octanol–water partition coefficient (Wildman–Crippen LogP) is 3.12. The second kappa shape index (κ2) is 6.21. The normalized spacial score (nSPS) is 12.2. The molecule has 1 N–H and O–H groups in total. The summed E-state index contributed by atoms with van der Waals surface area (Å²) < 4.78 is 2.70. The number of hydrogen-bond acceptors (Lipinski definition) is 2. The van der Waals surface area contributed by atoms with Gasteiger partial charge in [0.15, 0.2) is 0 Å². The van der Waals surface area contributed by atoms with Gasteiger partial charge in [-0.15, -0.1) is 0 Å². The standard InChI is InChI=1S/C13H13BrClN3O/c1-9(7-18-3-2-16-8-18)17-13(19)10-4-11(14)6-12(15)5-10/h2-6,8-9H,7H2,1H3,(H,17,19). The molecule has 2 rings (SSSR count). The monoisotopic (exact) mass is 341 g/mol. The number of rotatable bonds is 4. The van der Waals surface area contributed by atoms with Gasteiger partial charge in [-0.3, -0.25) is 4.79 Å². The van der Waals surface area contributed by atoms with Gasteiger partial charge in [-0.05, 0) is 25.1 Å². The summed E-state index contributed by atoms with van der Waals surface area (Å²) in [7, 11) is 0. The van der Waals surface area contributed by atoms with Crippen LogP contribution in [0, 0.1) is 0 Å². The maximum absolute atomic E-state index is 12.1. The molecule has 0 spiro atoms. The molecule has 6 heteroatoms. The highest BCUT2D eigenvalue weighted by atomic mass is 79.9. The molecule has 0 saturated heterocycles. The third kappa shape index (κ3) is 4.08. The number of imidazole rings is 1. The first-order chi connectivity index (χ1) is 9.04. The van der Waals surface area contributed by atoms with E-state index in [-0.39, 0.29) is 11.9 Å². The van der Waals surface area contributed by atoms with Gasteiger partial charge in [0.05, 0.1) is 6.33 Å². The van der Waals surface area contributed by atoms with Crippen molar-refractivity contribution in [1.82, 2.24) is 14.9 Å². The van der Waals surface area contributed by atoms with Crippen molar-refractivity contribution in [1.29, 1.82) is 0 Å². The smallest absolute Gasteiger partial charge is 0.251 e. The van der Waals surface area contributed by atoms with Crippen LogP contribution in [0.5, 0.6) is 0 Å². The molecule has 1 amide bonds. The molecule has 0 fully saturated rings. The second-order valence-electron chi connectivity index (χ2n) is 4.29. The molecule has 1 unspecified atom stereocenters. The van der Waals surface area contributed by atoms with E-state index in [2.05, 4.69) is 26.2 Å². The molecule has 19 heavy (non-hydrogen) atoms. The van der Waals surface area contributed by atoms with Crippen LogP contribution >= 0.6 is 27.5 Å². The van der Waals surface area contributed by atoms with E-state index in [1.54, 1.807) is 30.7 Å². The second-order valence-corrected chi connectivity index (χ2v) is 5.64. The van der Waals surface area contributed by atoms with Crippen LogP contribution in [-0.4, -0.2) is 21.5 Å². The maximum Gasteiger partial charge on any atom is 0.251 e. The van der Waals surface area contributed by atoms with Gasteiger partial charge in [-0.25, -0.2) is 4.98 Å². The number of aromatic nitrogens is 2. The topological polar surface area (TPSA) is 46.9 Å². The molecular formula is C13H13BrClN3O. The van der Waals surface area contributed by atoms with Gasteiger partial charge in [0.25, 0.3) is 5.91 Å². The van der Waals surface area contributed by atoms with Gasteiger partial charge < -0.3 is 9.88 Å². The molecule has 0 bridgehead atoms. The zero-order valence-corrected chi connectivity index (χ0v) is 12.6. The van der Waals surface area contributed by atoms with Crippen LogP contribution < -0.4 is 5.32 Å². The van der Waals surface area contributed by atoms with Gasteiger partial charge in [0, 0.05) is 40.0 Å². The number of carbonyl (C=O) groups is 1. The minimum atomic E-state index is -0.143. The van der Waals surface area contributed by atoms with Gasteiger partial charge in [0.1, 0.15) is 0 Å². The molecule has 0 saturated carbocycles. The Labute approximate surface area is 124 Å². The van der Waals surface area contributed by atoms with E-state index in [9.17, 15) is 4.79 Å². The molecule has 0 aliphatic heterocycles. The maximum atomic E-state index is 12.1. The van der Waals surface area contributed by atoms with Crippen molar-refractivity contribution in [3.05, 3.63) is 52.0 Å². The van der Waals surface area contributed by atoms with Crippen LogP contribution in [0.3, 0.4) is 0 Å². The fraction of sp³-hybridized carbons (Fsp3) is 0.231. The van der Waals surface area contributed by atoms with Crippen molar-refractivity contribution in [3.63, 3.8) is 0 Å². The summed E-state index contributed by atoms with van der Waals surface area (Å²) in [6.07, 6.45) is 5.29. The van der Waals surface area contributed by atoms with E-state index in [4.69, 9.17) is 11.6 Å². The van der Waals surface area contributed by atoms with Crippen LogP contribution in [0.25, 0.3) is 0 Å². The van der Waals surface area contributed by atoms with Crippen LogP contribution in [0.1, 0.15) is 17.3 Å². The Morgan fingerprint density at radius 1 is 1.53 bits per heavy atom. The molecule has 0 aliphatic carbocycles. The van der Waals surface area contributed by atoms with Gasteiger partial charge in [-0.2, -0.15) is 0 Å². The minimum absolute atomic E-state index is 0.000503. The Hall–Kier alpha value is -1.33. The van der Waals surface area contributed by atoms with Gasteiger partial charge >= 0.3 is 0 Å². The van der Waals surface area contributed by atoms with Gasteiger partial charge in [0.2, 0.25) is 0 Å². The summed E-state index contributed by atoms with van der Waals surface area (Å²) in [4.78, 5) is 16.0. The first-order valence-electron chi connectivity index (χ1n) is 5.77. The molecule has 1 heterocycles. The Morgan fingerprint density at radius 3 is 2.95 bits per heavy atom. The summed E-state index contributed by atoms with van der Waals surface area (Å²) in [6, 6.07) is 5.13. The number of nitrogens with one attached hydrogen (secondary N) is 1. The van der Waals surface area contributed by atoms with Gasteiger partial charge in [-0.1, -0.05) is 27.5 Å². The highest BCUT2D eigenvalue weighted by molar-refractivity contribution is 9.10. The van der Waals surface area contributed by atoms with E-state index >= 15 is 0 Å². The van der Waals surface area contributed by atoms with E-state index in [1.807, 2.05) is 17.7 Å². The Morgan fingerprint density at radius 2 is 2.32 bits per heavy atom. The van der Waals surface area contributed by atoms with Crippen LogP contribution in [0.2, 0.25) is 5.02 Å². The van der Waals surface area contributed by atoms with Crippen molar-refractivity contribution in [2.75, 3.05) is 0 Å². The largest absolute Gasteiger partial charge is 0.348 e. The van der Waals surface area contributed by atoms with Crippen molar-refractivity contribution in [3.8, 4) is 0 Å². The number of halogens is 2. The summed E-state index contributed by atoms with van der Waals surface area (Å²) in [6.45, 7) is 2.62. The Kier molecular flexibility index (Phi) is 4.61. The third-order valence-electron chi connectivity index (χ3n) is 2.55. The lowest BCUT2D eigenvalue weighted by atomic mass is 10.2. The lowest BCUT2D eigenvalue weighted by molar-refractivity contribution is 0.0936. The van der Waals surface area contributed by atoms with E-state index in [1.165, 1.54) is 0 Å². The zero-order valence-electron chi connectivity index (χ0n) is 10.3. The average Bonchev–Trinajstić information content (AvgIpc) is 2.80. The summed E-state index contributed by atoms with van der Waals surface area (Å²) in [5, 5.41) is 3.45. The summed E-state index contributed by atoms with van der Waals surface area (Å²) in [5.41, 5.74) is 0.539. The lowest BCUT2D eigenvalue weighted by Crippen LogP contribution is -2.35. The molecule has 2 aromatic rings. The predicted molar refractivity (Wildman–Crippen MR) is 78.3 cm³/mol. The highest BCUT2D eigenvalue weighted by Crippen LogP contribution is 2.19. The molecule has 0 aliphatic rings. The summed E-state index contributed by atoms with van der Waals surface area (Å²) >= 11 is 9.24. The van der Waals surface area contributed by atoms with Crippen LogP contribution in [0.15, 0.2) is 41.4 Å². The van der Waals surface area contributed by atoms with Crippen LogP contribution in [0.4, 0.5) is 0 Å². The zero-order chi connectivity index (χ0) is 13.8. The fourth-order valence-corrected chi connectivity index (χ4v) is 2.61. The minimum Gasteiger partial charge on any atom is -0.348 e. The number of benzene rings is 1. The number of amides is 1. The average molecular weight is 343 g/mol. The number of carbonyl (C=O) groups excluding carboxylic acids is 1. The number of hydrogen-bond donors (Lipinski definition) is 1. The van der Waals surface area contributed by atoms with E-state index < -0.39 is 0 Å². The first-order valence-corrected chi connectivity index (χ1v) is 6.94. The molecule has 0 radical (unpaired) electrons. The molecule has 1 aromatic carbocycles. The first kappa shape index (κ1) is 14.1.